The van der Waals surface area contributed by atoms with E-state index in [1.54, 1.807) is 12.1 Å². The fraction of sp³-hybridized carbons (Fsp3) is 0.241. The monoisotopic (exact) mass is 423 g/mol. The summed E-state index contributed by atoms with van der Waals surface area (Å²) in [5.41, 5.74) is 7.73. The quantitative estimate of drug-likeness (QED) is 0.301. The summed E-state index contributed by atoms with van der Waals surface area (Å²) in [5, 5.41) is 1.69. The van der Waals surface area contributed by atoms with Gasteiger partial charge in [0.15, 0.2) is 0 Å². The number of aromatic nitrogens is 2. The molecule has 3 aromatic heterocycles. The Morgan fingerprint density at radius 1 is 0.969 bits per heavy atom. The Kier molecular flexibility index (Phi) is 4.07. The molecule has 0 fully saturated rings. The topological polar surface area (TPSA) is 38.9 Å². The van der Waals surface area contributed by atoms with Crippen LogP contribution in [0.15, 0.2) is 71.3 Å². The highest BCUT2D eigenvalue weighted by Crippen LogP contribution is 2.35. The number of furan rings is 1. The maximum absolute atomic E-state index is 7.66. The standard InChI is InChI=1S/C29H28N2O/c1-18-17-30-26(16-21(18)15-20-10-12-22(13-11-20)29(3,4)5)25-8-6-7-23-24-14-9-19(2)31-28(24)32-27(23)25/h6-14,16-17H,15H2,1-5H3/i2D3. The summed E-state index contributed by atoms with van der Waals surface area (Å²) in [5.74, 6) is 0. The smallest absolute Gasteiger partial charge is 0.227 e. The summed E-state index contributed by atoms with van der Waals surface area (Å²) in [4.78, 5) is 8.98. The third-order valence-electron chi connectivity index (χ3n) is 6.07. The molecule has 0 aliphatic heterocycles. The van der Waals surface area contributed by atoms with E-state index >= 15 is 0 Å². The molecule has 2 aromatic carbocycles. The first-order valence-corrected chi connectivity index (χ1v) is 10.9. The van der Waals surface area contributed by atoms with Crippen molar-refractivity contribution >= 4 is 22.1 Å². The summed E-state index contributed by atoms with van der Waals surface area (Å²) in [6, 6.07) is 20.2. The molecule has 0 atom stereocenters. The first kappa shape index (κ1) is 17.1. The summed E-state index contributed by atoms with van der Waals surface area (Å²) in [6.07, 6.45) is 2.71. The van der Waals surface area contributed by atoms with Crippen molar-refractivity contribution in [3.63, 3.8) is 0 Å². The van der Waals surface area contributed by atoms with Gasteiger partial charge in [-0.1, -0.05) is 57.2 Å². The van der Waals surface area contributed by atoms with Crippen molar-refractivity contribution in [3.05, 3.63) is 94.8 Å². The van der Waals surface area contributed by atoms with Crippen LogP contribution in [0, 0.1) is 13.8 Å². The predicted octanol–water partition coefficient (Wildman–Crippen LogP) is 7.55. The number of aryl methyl sites for hydroxylation is 2. The lowest BCUT2D eigenvalue weighted by atomic mass is 9.86. The number of rotatable bonds is 3. The van der Waals surface area contributed by atoms with Crippen LogP contribution in [0.1, 0.15) is 52.8 Å². The maximum Gasteiger partial charge on any atom is 0.227 e. The Bertz CT molecular complexity index is 1540. The van der Waals surface area contributed by atoms with Crippen molar-refractivity contribution in [2.45, 2.75) is 46.4 Å². The van der Waals surface area contributed by atoms with Gasteiger partial charge in [-0.25, -0.2) is 4.98 Å². The number of fused-ring (bicyclic) bond motifs is 3. The van der Waals surface area contributed by atoms with Crippen molar-refractivity contribution in [2.24, 2.45) is 0 Å². The molecule has 0 bridgehead atoms. The molecular formula is C29H28N2O. The summed E-state index contributed by atoms with van der Waals surface area (Å²) in [6.45, 7) is 6.46. The molecule has 5 rings (SSSR count). The number of hydrogen-bond acceptors (Lipinski definition) is 3. The molecule has 0 radical (unpaired) electrons. The lowest BCUT2D eigenvalue weighted by molar-refractivity contribution is 0.590. The second kappa shape index (κ2) is 7.59. The van der Waals surface area contributed by atoms with Crippen molar-refractivity contribution in [2.75, 3.05) is 0 Å². The van der Waals surface area contributed by atoms with Gasteiger partial charge in [0.2, 0.25) is 5.71 Å². The number of hydrogen-bond donors (Lipinski definition) is 0. The minimum Gasteiger partial charge on any atom is -0.437 e. The van der Waals surface area contributed by atoms with Crippen LogP contribution < -0.4 is 0 Å². The number of benzene rings is 2. The molecule has 3 heterocycles. The summed E-state index contributed by atoms with van der Waals surface area (Å²) < 4.78 is 29.1. The van der Waals surface area contributed by atoms with E-state index in [1.807, 2.05) is 24.4 Å². The molecule has 3 heteroatoms. The van der Waals surface area contributed by atoms with E-state index < -0.39 is 6.85 Å². The minimum absolute atomic E-state index is 0.0267. The van der Waals surface area contributed by atoms with E-state index in [1.165, 1.54) is 16.7 Å². The number of nitrogens with zero attached hydrogens (tertiary/aromatic N) is 2. The van der Waals surface area contributed by atoms with Gasteiger partial charge >= 0.3 is 0 Å². The molecule has 0 spiro atoms. The Morgan fingerprint density at radius 3 is 2.53 bits per heavy atom. The van der Waals surface area contributed by atoms with Gasteiger partial charge in [0, 0.05) is 32.3 Å². The molecule has 0 amide bonds. The van der Waals surface area contributed by atoms with Gasteiger partial charge in [-0.05, 0) is 72.1 Å². The van der Waals surface area contributed by atoms with Crippen LogP contribution in [-0.4, -0.2) is 9.97 Å². The Labute approximate surface area is 193 Å². The average Bonchev–Trinajstić information content (AvgIpc) is 3.18. The summed E-state index contributed by atoms with van der Waals surface area (Å²) >= 11 is 0. The molecule has 3 nitrogen and oxygen atoms in total. The van der Waals surface area contributed by atoms with E-state index in [-0.39, 0.29) is 11.1 Å². The Morgan fingerprint density at radius 2 is 1.78 bits per heavy atom. The van der Waals surface area contributed by atoms with Gasteiger partial charge in [0.1, 0.15) is 5.58 Å². The Balaban J connectivity index is 1.55. The van der Waals surface area contributed by atoms with Crippen molar-refractivity contribution in [1.82, 2.24) is 9.97 Å². The molecule has 5 aromatic rings. The van der Waals surface area contributed by atoms with Crippen LogP contribution in [0.4, 0.5) is 0 Å². The van der Waals surface area contributed by atoms with Crippen LogP contribution in [-0.2, 0) is 11.8 Å². The first-order chi connectivity index (χ1) is 16.5. The van der Waals surface area contributed by atoms with Gasteiger partial charge < -0.3 is 4.42 Å². The second-order valence-electron chi connectivity index (χ2n) is 9.45. The van der Waals surface area contributed by atoms with Crippen LogP contribution in [0.2, 0.25) is 0 Å². The highest BCUT2D eigenvalue weighted by molar-refractivity contribution is 6.08. The zero-order valence-corrected chi connectivity index (χ0v) is 18.9. The average molecular weight is 424 g/mol. The molecule has 0 N–H and O–H groups in total. The molecule has 32 heavy (non-hydrogen) atoms. The second-order valence-corrected chi connectivity index (χ2v) is 9.45. The van der Waals surface area contributed by atoms with Crippen LogP contribution in [0.5, 0.6) is 0 Å². The highest BCUT2D eigenvalue weighted by atomic mass is 16.3. The van der Waals surface area contributed by atoms with Crippen molar-refractivity contribution in [1.29, 1.82) is 0 Å². The van der Waals surface area contributed by atoms with Crippen LogP contribution >= 0.6 is 0 Å². The fourth-order valence-electron chi connectivity index (χ4n) is 4.13. The normalized spacial score (nSPS) is 13.8. The molecule has 0 saturated carbocycles. The van der Waals surface area contributed by atoms with E-state index in [0.717, 1.165) is 34.0 Å². The highest BCUT2D eigenvalue weighted by Gasteiger charge is 2.16. The van der Waals surface area contributed by atoms with E-state index in [2.05, 4.69) is 63.0 Å². The van der Waals surface area contributed by atoms with Gasteiger partial charge in [-0.15, -0.1) is 0 Å². The zero-order valence-electron chi connectivity index (χ0n) is 21.9. The van der Waals surface area contributed by atoms with E-state index in [4.69, 9.17) is 13.5 Å². The third kappa shape index (κ3) is 3.69. The molecule has 0 aliphatic carbocycles. The van der Waals surface area contributed by atoms with Gasteiger partial charge in [0.05, 0.1) is 5.69 Å². The maximum atomic E-state index is 7.66. The lowest BCUT2D eigenvalue weighted by Gasteiger charge is -2.19. The van der Waals surface area contributed by atoms with Gasteiger partial charge in [-0.3, -0.25) is 4.98 Å². The van der Waals surface area contributed by atoms with Crippen LogP contribution in [0.25, 0.3) is 33.3 Å². The summed E-state index contributed by atoms with van der Waals surface area (Å²) in [7, 11) is 0. The molecule has 0 saturated heterocycles. The minimum atomic E-state index is -2.28. The predicted molar refractivity (Wildman–Crippen MR) is 132 cm³/mol. The number of para-hydroxylation sites is 1. The van der Waals surface area contributed by atoms with Crippen molar-refractivity contribution < 1.29 is 8.53 Å². The van der Waals surface area contributed by atoms with E-state index in [0.29, 0.717) is 11.3 Å². The van der Waals surface area contributed by atoms with Gasteiger partial charge in [-0.2, -0.15) is 0 Å². The first-order valence-electron chi connectivity index (χ1n) is 12.4. The molecular weight excluding hydrogens is 392 g/mol. The largest absolute Gasteiger partial charge is 0.437 e. The zero-order chi connectivity index (χ0) is 25.0. The number of pyridine rings is 2. The molecule has 160 valence electrons. The van der Waals surface area contributed by atoms with Gasteiger partial charge in [0.25, 0.3) is 0 Å². The van der Waals surface area contributed by atoms with E-state index in [9.17, 15) is 0 Å². The third-order valence-corrected chi connectivity index (χ3v) is 6.07. The lowest BCUT2D eigenvalue weighted by Crippen LogP contribution is -2.10. The fourth-order valence-corrected chi connectivity index (χ4v) is 4.13. The van der Waals surface area contributed by atoms with Crippen molar-refractivity contribution in [3.8, 4) is 11.3 Å². The van der Waals surface area contributed by atoms with Crippen LogP contribution in [0.3, 0.4) is 0 Å². The molecule has 0 unspecified atom stereocenters. The Hall–Kier alpha value is -3.46. The molecule has 0 aliphatic rings. The SMILES string of the molecule is [2H]C([2H])([2H])c1ccc2c(n1)oc1c(-c3cc(Cc4ccc(C(C)(C)C)cc4)c(C)cn3)cccc12.